The van der Waals surface area contributed by atoms with Crippen LogP contribution in [-0.4, -0.2) is 9.97 Å². The first-order chi connectivity index (χ1) is 3.79. The Kier molecular flexibility index (Phi) is 1.77. The zero-order chi connectivity index (χ0) is 5.98. The highest BCUT2D eigenvalue weighted by molar-refractivity contribution is 14.1. The van der Waals surface area contributed by atoms with Crippen molar-refractivity contribution in [3.8, 4) is 0 Å². The first-order valence-electron chi connectivity index (χ1n) is 2.24. The van der Waals surface area contributed by atoms with Gasteiger partial charge in [-0.05, 0) is 13.0 Å². The maximum Gasteiger partial charge on any atom is 0.190 e. The van der Waals surface area contributed by atoms with Crippen LogP contribution in [-0.2, 0) is 0 Å². The molecule has 1 aromatic rings. The summed E-state index contributed by atoms with van der Waals surface area (Å²) in [5, 5.41) is 0. The van der Waals surface area contributed by atoms with Crippen molar-refractivity contribution in [3.63, 3.8) is 0 Å². The van der Waals surface area contributed by atoms with E-state index >= 15 is 0 Å². The van der Waals surface area contributed by atoms with Crippen LogP contribution in [0.4, 0.5) is 0 Å². The van der Waals surface area contributed by atoms with E-state index in [-0.39, 0.29) is 0 Å². The van der Waals surface area contributed by atoms with Crippen LogP contribution >= 0.6 is 22.6 Å². The molecule has 1 rings (SSSR count). The Labute approximate surface area is 61.5 Å². The van der Waals surface area contributed by atoms with Gasteiger partial charge in [-0.2, -0.15) is 0 Å². The van der Waals surface area contributed by atoms with Crippen molar-refractivity contribution in [2.45, 2.75) is 6.92 Å². The molecular weight excluding hydrogens is 215 g/mol. The second kappa shape index (κ2) is 2.39. The molecule has 0 saturated heterocycles. The van der Waals surface area contributed by atoms with E-state index in [9.17, 15) is 0 Å². The van der Waals surface area contributed by atoms with Crippen molar-refractivity contribution < 1.29 is 0 Å². The third-order valence-electron chi connectivity index (χ3n) is 0.765. The number of hydrogen-bond acceptors (Lipinski definition) is 2. The monoisotopic (exact) mass is 220 g/mol. The number of rotatable bonds is 0. The zero-order valence-electron chi connectivity index (χ0n) is 4.43. The normalized spacial score (nSPS) is 9.25. The van der Waals surface area contributed by atoms with E-state index in [1.165, 1.54) is 0 Å². The quantitative estimate of drug-likeness (QED) is 0.487. The van der Waals surface area contributed by atoms with E-state index in [1.54, 1.807) is 6.20 Å². The second-order valence-electron chi connectivity index (χ2n) is 1.47. The van der Waals surface area contributed by atoms with Crippen LogP contribution in [0.5, 0.6) is 0 Å². The van der Waals surface area contributed by atoms with Gasteiger partial charge in [-0.15, -0.1) is 0 Å². The molecule has 8 heavy (non-hydrogen) atoms. The van der Waals surface area contributed by atoms with Crippen LogP contribution in [0.1, 0.15) is 5.69 Å². The predicted octanol–water partition coefficient (Wildman–Crippen LogP) is 1.39. The molecule has 0 bridgehead atoms. The summed E-state index contributed by atoms with van der Waals surface area (Å²) in [7, 11) is 0. The van der Waals surface area contributed by atoms with Crippen molar-refractivity contribution >= 4 is 22.6 Å². The van der Waals surface area contributed by atoms with Gasteiger partial charge < -0.3 is 0 Å². The number of halogens is 1. The maximum absolute atomic E-state index is 4.05. The summed E-state index contributed by atoms with van der Waals surface area (Å²) >= 11 is 2.08. The Morgan fingerprint density at radius 2 is 2.38 bits per heavy atom. The summed E-state index contributed by atoms with van der Waals surface area (Å²) in [4.78, 5) is 7.96. The molecule has 0 N–H and O–H groups in total. The molecule has 1 aromatic heterocycles. The molecule has 2 nitrogen and oxygen atoms in total. The van der Waals surface area contributed by atoms with Crippen molar-refractivity contribution in [2.75, 3.05) is 0 Å². The summed E-state index contributed by atoms with van der Waals surface area (Å²) in [5.74, 6) is 0. The molecule has 0 amide bonds. The van der Waals surface area contributed by atoms with Gasteiger partial charge >= 0.3 is 0 Å². The predicted molar refractivity (Wildman–Crippen MR) is 39.5 cm³/mol. The minimum Gasteiger partial charge on any atom is -0.232 e. The van der Waals surface area contributed by atoms with Gasteiger partial charge in [0.25, 0.3) is 0 Å². The van der Waals surface area contributed by atoms with Gasteiger partial charge in [0.1, 0.15) is 0 Å². The fraction of sp³-hybridized carbons (Fsp3) is 0.200. The first kappa shape index (κ1) is 5.94. The van der Waals surface area contributed by atoms with E-state index in [4.69, 9.17) is 0 Å². The van der Waals surface area contributed by atoms with Crippen molar-refractivity contribution in [1.82, 2.24) is 9.97 Å². The van der Waals surface area contributed by atoms with Gasteiger partial charge in [0, 0.05) is 34.5 Å². The van der Waals surface area contributed by atoms with Crippen LogP contribution in [0, 0.1) is 10.8 Å². The largest absolute Gasteiger partial charge is 0.232 e. The molecule has 0 fully saturated rings. The summed E-state index contributed by atoms with van der Waals surface area (Å²) in [6.07, 6.45) is 1.75. The molecule has 0 atom stereocenters. The molecule has 0 aliphatic heterocycles. The van der Waals surface area contributed by atoms with Crippen LogP contribution in [0.15, 0.2) is 12.3 Å². The Balaban J connectivity index is 3.08. The summed E-state index contributed by atoms with van der Waals surface area (Å²) in [6, 6.07) is 1.88. The molecular formula is C5H5IN2. The lowest BCUT2D eigenvalue weighted by Gasteiger charge is -1.87. The van der Waals surface area contributed by atoms with Crippen LogP contribution in [0.2, 0.25) is 0 Å². The maximum atomic E-state index is 4.05. The van der Waals surface area contributed by atoms with Gasteiger partial charge in [0.15, 0.2) is 3.83 Å². The Morgan fingerprint density at radius 3 is 2.75 bits per heavy atom. The smallest absolute Gasteiger partial charge is 0.190 e. The first-order valence-corrected chi connectivity index (χ1v) is 3.32. The van der Waals surface area contributed by atoms with Crippen LogP contribution in [0.25, 0.3) is 0 Å². The third-order valence-corrected chi connectivity index (χ3v) is 1.29. The van der Waals surface area contributed by atoms with Gasteiger partial charge in [-0.1, -0.05) is 0 Å². The topological polar surface area (TPSA) is 25.8 Å². The summed E-state index contributed by atoms with van der Waals surface area (Å²) < 4.78 is 0.808. The number of nitrogens with zero attached hydrogens (tertiary/aromatic N) is 2. The number of hydrogen-bond donors (Lipinski definition) is 0. The van der Waals surface area contributed by atoms with Gasteiger partial charge in [0.05, 0.1) is 0 Å². The molecule has 1 heterocycles. The fourth-order valence-corrected chi connectivity index (χ4v) is 0.960. The molecule has 0 aliphatic rings. The molecule has 0 saturated carbocycles. The lowest BCUT2D eigenvalue weighted by Crippen LogP contribution is -1.86. The lowest BCUT2D eigenvalue weighted by atomic mass is 10.5. The minimum absolute atomic E-state index is 0.808. The Bertz CT molecular complexity index is 170. The number of aromatic nitrogens is 2. The van der Waals surface area contributed by atoms with E-state index in [0.717, 1.165) is 9.53 Å². The SMILES string of the molecule is Cc1ccnc(I)n1. The summed E-state index contributed by atoms with van der Waals surface area (Å²) in [5.41, 5.74) is 1.02. The Hall–Kier alpha value is -0.190. The van der Waals surface area contributed by atoms with E-state index in [1.807, 2.05) is 13.0 Å². The van der Waals surface area contributed by atoms with Gasteiger partial charge in [-0.25, -0.2) is 9.97 Å². The molecule has 0 aliphatic carbocycles. The fourth-order valence-electron chi connectivity index (χ4n) is 0.418. The molecule has 42 valence electrons. The second-order valence-corrected chi connectivity index (χ2v) is 2.43. The molecule has 0 spiro atoms. The van der Waals surface area contributed by atoms with Crippen molar-refractivity contribution in [1.29, 1.82) is 0 Å². The Morgan fingerprint density at radius 1 is 1.62 bits per heavy atom. The molecule has 0 unspecified atom stereocenters. The van der Waals surface area contributed by atoms with E-state index in [2.05, 4.69) is 32.6 Å². The number of aryl methyl sites for hydroxylation is 1. The lowest BCUT2D eigenvalue weighted by molar-refractivity contribution is 1.05. The third kappa shape index (κ3) is 1.40. The average molecular weight is 220 g/mol. The highest BCUT2D eigenvalue weighted by Crippen LogP contribution is 1.95. The van der Waals surface area contributed by atoms with E-state index < -0.39 is 0 Å². The standard InChI is InChI=1S/C5H5IN2/c1-4-2-3-7-5(6)8-4/h2-3H,1H3. The van der Waals surface area contributed by atoms with Crippen LogP contribution in [0.3, 0.4) is 0 Å². The molecule has 0 radical (unpaired) electrons. The average Bonchev–Trinajstić information content (AvgIpc) is 1.64. The zero-order valence-corrected chi connectivity index (χ0v) is 6.58. The molecule has 0 aromatic carbocycles. The highest BCUT2D eigenvalue weighted by Gasteiger charge is 1.85. The van der Waals surface area contributed by atoms with Crippen molar-refractivity contribution in [3.05, 3.63) is 21.8 Å². The van der Waals surface area contributed by atoms with Crippen molar-refractivity contribution in [2.24, 2.45) is 0 Å². The van der Waals surface area contributed by atoms with E-state index in [0.29, 0.717) is 0 Å². The highest BCUT2D eigenvalue weighted by atomic mass is 127. The van der Waals surface area contributed by atoms with Gasteiger partial charge in [-0.3, -0.25) is 0 Å². The summed E-state index contributed by atoms with van der Waals surface area (Å²) in [6.45, 7) is 1.95. The van der Waals surface area contributed by atoms with Gasteiger partial charge in [0.2, 0.25) is 0 Å². The van der Waals surface area contributed by atoms with Crippen LogP contribution < -0.4 is 0 Å². The minimum atomic E-state index is 0.808. The molecule has 3 heteroatoms.